The van der Waals surface area contributed by atoms with Gasteiger partial charge in [0, 0.05) is 50.8 Å². The van der Waals surface area contributed by atoms with Gasteiger partial charge >= 0.3 is 0 Å². The molecule has 1 aromatic heterocycles. The third-order valence-electron chi connectivity index (χ3n) is 6.04. The van der Waals surface area contributed by atoms with Gasteiger partial charge in [-0.15, -0.1) is 11.3 Å². The van der Waals surface area contributed by atoms with Crippen LogP contribution in [0.2, 0.25) is 0 Å². The zero-order valence-electron chi connectivity index (χ0n) is 16.1. The zero-order chi connectivity index (χ0) is 19.4. The van der Waals surface area contributed by atoms with Crippen LogP contribution in [-0.2, 0) is 14.9 Å². The number of hydrogen-bond donors (Lipinski definition) is 1. The Morgan fingerprint density at radius 3 is 2.43 bits per heavy atom. The van der Waals surface area contributed by atoms with E-state index in [0.29, 0.717) is 32.8 Å². The van der Waals surface area contributed by atoms with Crippen LogP contribution in [0.25, 0.3) is 0 Å². The summed E-state index contributed by atoms with van der Waals surface area (Å²) >= 11 is 1.59. The molecule has 0 unspecified atom stereocenters. The summed E-state index contributed by atoms with van der Waals surface area (Å²) in [5, 5.41) is 12.4. The highest BCUT2D eigenvalue weighted by Gasteiger charge is 2.44. The molecule has 6 heteroatoms. The molecule has 0 spiro atoms. The average molecular weight is 401 g/mol. The van der Waals surface area contributed by atoms with Crippen LogP contribution in [0.4, 0.5) is 0 Å². The van der Waals surface area contributed by atoms with Gasteiger partial charge in [-0.2, -0.15) is 0 Å². The molecular weight excluding hydrogens is 372 g/mol. The quantitative estimate of drug-likeness (QED) is 0.838. The van der Waals surface area contributed by atoms with Crippen molar-refractivity contribution < 1.29 is 14.6 Å². The largest absolute Gasteiger partial charge is 0.386 e. The van der Waals surface area contributed by atoms with Crippen molar-refractivity contribution in [2.75, 3.05) is 45.9 Å². The highest BCUT2D eigenvalue weighted by Crippen LogP contribution is 2.37. The summed E-state index contributed by atoms with van der Waals surface area (Å²) in [7, 11) is 0. The van der Waals surface area contributed by atoms with E-state index in [1.165, 1.54) is 0 Å². The van der Waals surface area contributed by atoms with Gasteiger partial charge in [0.1, 0.15) is 6.10 Å². The van der Waals surface area contributed by atoms with Crippen LogP contribution >= 0.6 is 11.3 Å². The molecule has 150 valence electrons. The minimum atomic E-state index is -0.460. The summed E-state index contributed by atoms with van der Waals surface area (Å²) in [6.07, 6.45) is 1.04. The van der Waals surface area contributed by atoms with Crippen molar-refractivity contribution in [1.82, 2.24) is 9.80 Å². The summed E-state index contributed by atoms with van der Waals surface area (Å²) in [5.74, 6) is 0.237. The fourth-order valence-corrected chi connectivity index (χ4v) is 5.06. The number of hydrogen-bond acceptors (Lipinski definition) is 5. The number of rotatable bonds is 5. The lowest BCUT2D eigenvalue weighted by Crippen LogP contribution is -2.56. The first-order chi connectivity index (χ1) is 13.7. The number of aliphatic hydroxyl groups excluding tert-OH is 1. The molecule has 0 radical (unpaired) electrons. The Morgan fingerprint density at radius 1 is 1.07 bits per heavy atom. The van der Waals surface area contributed by atoms with Crippen molar-refractivity contribution in [3.63, 3.8) is 0 Å². The maximum absolute atomic E-state index is 13.6. The van der Waals surface area contributed by atoms with Gasteiger partial charge in [-0.05, 0) is 29.9 Å². The lowest BCUT2D eigenvalue weighted by molar-refractivity contribution is -0.143. The Balaban J connectivity index is 1.41. The zero-order valence-corrected chi connectivity index (χ0v) is 16.9. The first-order valence-corrected chi connectivity index (χ1v) is 10.9. The van der Waals surface area contributed by atoms with Crippen LogP contribution in [0.1, 0.15) is 29.4 Å². The molecule has 4 rings (SSSR count). The number of piperazine rings is 1. The van der Waals surface area contributed by atoms with Gasteiger partial charge in [-0.3, -0.25) is 9.69 Å². The van der Waals surface area contributed by atoms with E-state index in [2.05, 4.69) is 17.0 Å². The second kappa shape index (κ2) is 8.74. The lowest BCUT2D eigenvalue weighted by Gasteiger charge is -2.43. The van der Waals surface area contributed by atoms with Gasteiger partial charge in [0.2, 0.25) is 5.91 Å². The van der Waals surface area contributed by atoms with Crippen molar-refractivity contribution in [3.05, 3.63) is 58.3 Å². The number of carbonyl (C=O) groups is 1. The van der Waals surface area contributed by atoms with Crippen molar-refractivity contribution in [2.45, 2.75) is 24.4 Å². The molecule has 3 heterocycles. The highest BCUT2D eigenvalue weighted by atomic mass is 32.1. The molecule has 5 nitrogen and oxygen atoms in total. The molecule has 2 fully saturated rings. The van der Waals surface area contributed by atoms with E-state index in [-0.39, 0.29) is 5.91 Å². The number of ether oxygens (including phenoxy) is 1. The summed E-state index contributed by atoms with van der Waals surface area (Å²) < 4.78 is 5.57. The fourth-order valence-electron chi connectivity index (χ4n) is 4.35. The standard InChI is InChI=1S/C22H28N2O3S/c25-19(20-7-4-16-28-20)17-23-10-12-24(13-11-23)21(26)22(8-14-27-15-9-22)18-5-2-1-3-6-18/h1-7,16,19,25H,8-15,17H2/t19-/m0/s1. The molecule has 2 aliphatic heterocycles. The fraction of sp³-hybridized carbons (Fsp3) is 0.500. The van der Waals surface area contributed by atoms with Crippen molar-refractivity contribution in [2.24, 2.45) is 0 Å². The molecule has 28 heavy (non-hydrogen) atoms. The Bertz CT molecular complexity index is 751. The first kappa shape index (κ1) is 19.6. The van der Waals surface area contributed by atoms with E-state index in [4.69, 9.17) is 4.74 Å². The Morgan fingerprint density at radius 2 is 1.79 bits per heavy atom. The van der Waals surface area contributed by atoms with Gasteiger partial charge in [0.15, 0.2) is 0 Å². The van der Waals surface area contributed by atoms with E-state index in [1.807, 2.05) is 40.6 Å². The number of nitrogens with zero attached hydrogens (tertiary/aromatic N) is 2. The van der Waals surface area contributed by atoms with Gasteiger partial charge < -0.3 is 14.7 Å². The number of aliphatic hydroxyl groups is 1. The summed E-state index contributed by atoms with van der Waals surface area (Å²) in [6.45, 7) is 4.92. The molecule has 1 amide bonds. The van der Waals surface area contributed by atoms with Crippen LogP contribution in [-0.4, -0.2) is 66.8 Å². The molecule has 1 N–H and O–H groups in total. The predicted octanol–water partition coefficient (Wildman–Crippen LogP) is 2.67. The Hall–Kier alpha value is -1.73. The van der Waals surface area contributed by atoms with Gasteiger partial charge in [-0.25, -0.2) is 0 Å². The van der Waals surface area contributed by atoms with Gasteiger partial charge in [0.05, 0.1) is 5.41 Å². The first-order valence-electron chi connectivity index (χ1n) is 10.1. The molecule has 1 aromatic carbocycles. The molecule has 2 saturated heterocycles. The minimum Gasteiger partial charge on any atom is -0.386 e. The van der Waals surface area contributed by atoms with Gasteiger partial charge in [0.25, 0.3) is 0 Å². The smallest absolute Gasteiger partial charge is 0.233 e. The van der Waals surface area contributed by atoms with E-state index in [1.54, 1.807) is 11.3 Å². The summed E-state index contributed by atoms with van der Waals surface area (Å²) in [4.78, 5) is 18.9. The summed E-state index contributed by atoms with van der Waals surface area (Å²) in [6, 6.07) is 14.1. The number of benzene rings is 1. The predicted molar refractivity (Wildman–Crippen MR) is 110 cm³/mol. The molecular formula is C22H28N2O3S. The number of carbonyl (C=O) groups excluding carboxylic acids is 1. The molecule has 2 aliphatic rings. The molecule has 0 saturated carbocycles. The third-order valence-corrected chi connectivity index (χ3v) is 7.02. The third kappa shape index (κ3) is 4.01. The SMILES string of the molecule is O=C(N1CCN(C[C@H](O)c2cccs2)CC1)C1(c2ccccc2)CCOCC1. The van der Waals surface area contributed by atoms with Crippen LogP contribution in [0.5, 0.6) is 0 Å². The maximum atomic E-state index is 13.6. The Labute approximate surface area is 170 Å². The second-order valence-corrected chi connectivity index (χ2v) is 8.66. The minimum absolute atomic E-state index is 0.237. The monoisotopic (exact) mass is 400 g/mol. The number of thiophene rings is 1. The van der Waals surface area contributed by atoms with Crippen molar-refractivity contribution in [3.8, 4) is 0 Å². The van der Waals surface area contributed by atoms with Crippen LogP contribution in [0.15, 0.2) is 47.8 Å². The topological polar surface area (TPSA) is 53.0 Å². The molecule has 2 aromatic rings. The van der Waals surface area contributed by atoms with Crippen LogP contribution < -0.4 is 0 Å². The normalized spacial score (nSPS) is 21.4. The van der Waals surface area contributed by atoms with E-state index < -0.39 is 11.5 Å². The van der Waals surface area contributed by atoms with E-state index in [9.17, 15) is 9.90 Å². The van der Waals surface area contributed by atoms with E-state index in [0.717, 1.165) is 36.4 Å². The average Bonchev–Trinajstić information content (AvgIpc) is 3.30. The highest BCUT2D eigenvalue weighted by molar-refractivity contribution is 7.10. The van der Waals surface area contributed by atoms with Crippen molar-refractivity contribution in [1.29, 1.82) is 0 Å². The van der Waals surface area contributed by atoms with Crippen molar-refractivity contribution >= 4 is 17.2 Å². The molecule has 0 bridgehead atoms. The van der Waals surface area contributed by atoms with Crippen LogP contribution in [0, 0.1) is 0 Å². The molecule has 1 atom stereocenters. The summed E-state index contributed by atoms with van der Waals surface area (Å²) in [5.41, 5.74) is 0.650. The van der Waals surface area contributed by atoms with E-state index >= 15 is 0 Å². The lowest BCUT2D eigenvalue weighted by atomic mass is 9.73. The Kier molecular flexibility index (Phi) is 6.11. The second-order valence-electron chi connectivity index (χ2n) is 7.68. The van der Waals surface area contributed by atoms with Crippen LogP contribution in [0.3, 0.4) is 0 Å². The van der Waals surface area contributed by atoms with Gasteiger partial charge in [-0.1, -0.05) is 36.4 Å². The number of amides is 1. The maximum Gasteiger partial charge on any atom is 0.233 e. The number of β-amino-alcohol motifs (C(OH)–C–C–N with tert-alkyl or cyclic N) is 1. The molecule has 0 aliphatic carbocycles.